The number of fused-ring (bicyclic) bond motifs is 1. The number of rotatable bonds is 5. The molecule has 7 heteroatoms. The van der Waals surface area contributed by atoms with Crippen molar-refractivity contribution in [2.24, 2.45) is 0 Å². The van der Waals surface area contributed by atoms with E-state index in [2.05, 4.69) is 27.9 Å². The van der Waals surface area contributed by atoms with E-state index >= 15 is 0 Å². The third-order valence-electron chi connectivity index (χ3n) is 5.01. The van der Waals surface area contributed by atoms with E-state index in [1.807, 2.05) is 18.2 Å². The van der Waals surface area contributed by atoms with Crippen LogP contribution in [0.15, 0.2) is 47.4 Å². The summed E-state index contributed by atoms with van der Waals surface area (Å²) in [6.45, 7) is 4.06. The molecule has 0 radical (unpaired) electrons. The van der Waals surface area contributed by atoms with E-state index < -0.39 is 10.0 Å². The fourth-order valence-electron chi connectivity index (χ4n) is 3.43. The maximum Gasteiger partial charge on any atom is 0.243 e. The van der Waals surface area contributed by atoms with Crippen LogP contribution in [0.3, 0.4) is 0 Å². The van der Waals surface area contributed by atoms with Crippen LogP contribution in [0.2, 0.25) is 0 Å². The zero-order valence-corrected chi connectivity index (χ0v) is 16.6. The molecule has 0 bridgehead atoms. The van der Waals surface area contributed by atoms with Gasteiger partial charge in [-0.1, -0.05) is 24.3 Å². The summed E-state index contributed by atoms with van der Waals surface area (Å²) in [5.74, 6) is -0.171. The predicted octanol–water partition coefficient (Wildman–Crippen LogP) is 2.68. The molecule has 0 unspecified atom stereocenters. The van der Waals surface area contributed by atoms with Crippen molar-refractivity contribution >= 4 is 27.3 Å². The highest BCUT2D eigenvalue weighted by molar-refractivity contribution is 7.89. The van der Waals surface area contributed by atoms with Gasteiger partial charge in [0.2, 0.25) is 15.9 Å². The number of nitrogens with one attached hydrogen (secondary N) is 2. The second-order valence-electron chi connectivity index (χ2n) is 6.88. The van der Waals surface area contributed by atoms with Crippen molar-refractivity contribution in [1.82, 2.24) is 4.72 Å². The molecule has 2 N–H and O–H groups in total. The number of carbonyl (C=O) groups excluding carboxylic acids is 1. The van der Waals surface area contributed by atoms with Crippen molar-refractivity contribution in [1.29, 1.82) is 0 Å². The van der Waals surface area contributed by atoms with E-state index in [9.17, 15) is 13.2 Å². The highest BCUT2D eigenvalue weighted by Gasteiger charge is 2.24. The van der Waals surface area contributed by atoms with Crippen molar-refractivity contribution in [3.8, 4) is 0 Å². The Morgan fingerprint density at radius 2 is 1.96 bits per heavy atom. The van der Waals surface area contributed by atoms with Gasteiger partial charge in [0.1, 0.15) is 0 Å². The molecule has 2 aromatic carbocycles. The summed E-state index contributed by atoms with van der Waals surface area (Å²) < 4.78 is 26.6. The SMILES string of the molecule is CNS(=O)(=O)c1cc(NC(=O)CN2c3ccccc3CC[C@@H]2C)ccc1C. The summed E-state index contributed by atoms with van der Waals surface area (Å²) in [5, 5.41) is 2.83. The number of para-hydroxylation sites is 1. The molecule has 0 aliphatic carbocycles. The van der Waals surface area contributed by atoms with Crippen molar-refractivity contribution in [2.75, 3.05) is 23.8 Å². The number of nitrogens with zero attached hydrogens (tertiary/aromatic N) is 1. The Balaban J connectivity index is 1.78. The predicted molar refractivity (Wildman–Crippen MR) is 108 cm³/mol. The maximum absolute atomic E-state index is 12.6. The Morgan fingerprint density at radius 3 is 2.70 bits per heavy atom. The minimum Gasteiger partial charge on any atom is -0.359 e. The summed E-state index contributed by atoms with van der Waals surface area (Å²) in [7, 11) is -2.20. The van der Waals surface area contributed by atoms with Gasteiger partial charge in [-0.05, 0) is 63.1 Å². The summed E-state index contributed by atoms with van der Waals surface area (Å²) >= 11 is 0. The van der Waals surface area contributed by atoms with E-state index in [0.29, 0.717) is 11.3 Å². The number of amides is 1. The average molecular weight is 388 g/mol. The van der Waals surface area contributed by atoms with Gasteiger partial charge in [0, 0.05) is 17.4 Å². The van der Waals surface area contributed by atoms with Crippen LogP contribution in [0.1, 0.15) is 24.5 Å². The number of sulfonamides is 1. The molecule has 1 aliphatic heterocycles. The molecule has 0 spiro atoms. The standard InChI is InChI=1S/C20H25N3O3S/c1-14-8-11-17(12-19(14)27(25,26)21-3)22-20(24)13-23-15(2)9-10-16-6-4-5-7-18(16)23/h4-8,11-12,15,21H,9-10,13H2,1-3H3,(H,22,24)/t15-/m0/s1. The summed E-state index contributed by atoms with van der Waals surface area (Å²) in [6, 6.07) is 13.3. The lowest BCUT2D eigenvalue weighted by Gasteiger charge is -2.36. The van der Waals surface area contributed by atoms with Crippen molar-refractivity contribution in [2.45, 2.75) is 37.6 Å². The zero-order valence-electron chi connectivity index (χ0n) is 15.8. The largest absolute Gasteiger partial charge is 0.359 e. The normalized spacial score (nSPS) is 16.7. The van der Waals surface area contributed by atoms with Crippen LogP contribution in [0.4, 0.5) is 11.4 Å². The van der Waals surface area contributed by atoms with E-state index in [-0.39, 0.29) is 23.4 Å². The van der Waals surface area contributed by atoms with Gasteiger partial charge in [0.05, 0.1) is 11.4 Å². The average Bonchev–Trinajstić information content (AvgIpc) is 2.65. The molecule has 1 aliphatic rings. The van der Waals surface area contributed by atoms with Crippen LogP contribution in [0.5, 0.6) is 0 Å². The molecule has 0 aromatic heterocycles. The van der Waals surface area contributed by atoms with Gasteiger partial charge in [-0.25, -0.2) is 13.1 Å². The van der Waals surface area contributed by atoms with Crippen molar-refractivity contribution < 1.29 is 13.2 Å². The lowest BCUT2D eigenvalue weighted by atomic mass is 9.96. The van der Waals surface area contributed by atoms with Crippen LogP contribution < -0.4 is 14.9 Å². The van der Waals surface area contributed by atoms with Gasteiger partial charge >= 0.3 is 0 Å². The first-order valence-corrected chi connectivity index (χ1v) is 10.5. The van der Waals surface area contributed by atoms with Gasteiger partial charge in [-0.15, -0.1) is 0 Å². The third kappa shape index (κ3) is 4.14. The molecule has 0 saturated carbocycles. The lowest BCUT2D eigenvalue weighted by Crippen LogP contribution is -2.42. The summed E-state index contributed by atoms with van der Waals surface area (Å²) in [5.41, 5.74) is 3.44. The minimum absolute atomic E-state index is 0.166. The van der Waals surface area contributed by atoms with E-state index in [1.54, 1.807) is 19.1 Å². The fraction of sp³-hybridized carbons (Fsp3) is 0.350. The molecular formula is C20H25N3O3S. The molecule has 1 atom stereocenters. The Labute approximate surface area is 160 Å². The minimum atomic E-state index is -3.57. The monoisotopic (exact) mass is 387 g/mol. The topological polar surface area (TPSA) is 78.5 Å². The first kappa shape index (κ1) is 19.4. The second kappa shape index (κ2) is 7.70. The van der Waals surface area contributed by atoms with Crippen LogP contribution in [-0.2, 0) is 21.2 Å². The summed E-state index contributed by atoms with van der Waals surface area (Å²) in [6.07, 6.45) is 2.01. The van der Waals surface area contributed by atoms with Crippen molar-refractivity contribution in [3.05, 3.63) is 53.6 Å². The van der Waals surface area contributed by atoms with Gasteiger partial charge in [0.15, 0.2) is 0 Å². The van der Waals surface area contributed by atoms with Crippen molar-refractivity contribution in [3.63, 3.8) is 0 Å². The van der Waals surface area contributed by atoms with Crippen LogP contribution in [0, 0.1) is 6.92 Å². The van der Waals surface area contributed by atoms with E-state index in [1.165, 1.54) is 18.7 Å². The molecule has 0 fully saturated rings. The molecule has 27 heavy (non-hydrogen) atoms. The second-order valence-corrected chi connectivity index (χ2v) is 8.74. The maximum atomic E-state index is 12.6. The molecule has 6 nitrogen and oxygen atoms in total. The Bertz CT molecular complexity index is 957. The summed E-state index contributed by atoms with van der Waals surface area (Å²) in [4.78, 5) is 14.9. The van der Waals surface area contributed by atoms with Crippen LogP contribution >= 0.6 is 0 Å². The van der Waals surface area contributed by atoms with Gasteiger partial charge < -0.3 is 10.2 Å². The highest BCUT2D eigenvalue weighted by atomic mass is 32.2. The first-order valence-electron chi connectivity index (χ1n) is 9.00. The first-order chi connectivity index (χ1) is 12.8. The molecule has 144 valence electrons. The van der Waals surface area contributed by atoms with Crippen LogP contribution in [0.25, 0.3) is 0 Å². The smallest absolute Gasteiger partial charge is 0.243 e. The number of anilines is 2. The molecule has 3 rings (SSSR count). The molecule has 0 saturated heterocycles. The fourth-order valence-corrected chi connectivity index (χ4v) is 4.43. The van der Waals surface area contributed by atoms with E-state index in [0.717, 1.165) is 18.5 Å². The number of benzene rings is 2. The Morgan fingerprint density at radius 1 is 1.22 bits per heavy atom. The lowest BCUT2D eigenvalue weighted by molar-refractivity contribution is -0.115. The molecule has 1 amide bonds. The zero-order chi connectivity index (χ0) is 19.6. The van der Waals surface area contributed by atoms with Gasteiger partial charge in [-0.3, -0.25) is 4.79 Å². The number of aryl methyl sites for hydroxylation is 2. The van der Waals surface area contributed by atoms with Gasteiger partial charge in [0.25, 0.3) is 0 Å². The highest BCUT2D eigenvalue weighted by Crippen LogP contribution is 2.30. The van der Waals surface area contributed by atoms with Gasteiger partial charge in [-0.2, -0.15) is 0 Å². The molecular weight excluding hydrogens is 362 g/mol. The van der Waals surface area contributed by atoms with E-state index in [4.69, 9.17) is 0 Å². The number of hydrogen-bond donors (Lipinski definition) is 2. The number of carbonyl (C=O) groups is 1. The van der Waals surface area contributed by atoms with Crippen LogP contribution in [-0.4, -0.2) is 34.0 Å². The Kier molecular flexibility index (Phi) is 5.53. The molecule has 1 heterocycles. The number of hydrogen-bond acceptors (Lipinski definition) is 4. The third-order valence-corrected chi connectivity index (χ3v) is 6.56. The quantitative estimate of drug-likeness (QED) is 0.827. The Hall–Kier alpha value is -2.38. The molecule has 2 aromatic rings.